The van der Waals surface area contributed by atoms with Crippen molar-refractivity contribution in [3.05, 3.63) is 40.8 Å². The van der Waals surface area contributed by atoms with Crippen molar-refractivity contribution in [1.29, 1.82) is 0 Å². The van der Waals surface area contributed by atoms with E-state index in [1.807, 2.05) is 16.8 Å². The molecule has 2 aromatic rings. The normalized spacial score (nSPS) is 25.5. The Hall–Kier alpha value is -1.44. The zero-order valence-electron chi connectivity index (χ0n) is 15.5. The molecule has 2 fully saturated rings. The van der Waals surface area contributed by atoms with Gasteiger partial charge in [0.15, 0.2) is 0 Å². The number of carbonyl (C=O) groups excluding carboxylic acids is 1. The molecule has 1 aromatic carbocycles. The highest BCUT2D eigenvalue weighted by molar-refractivity contribution is 7.08. The summed E-state index contributed by atoms with van der Waals surface area (Å²) in [6.45, 7) is 0. The van der Waals surface area contributed by atoms with Gasteiger partial charge in [-0.3, -0.25) is 5.32 Å². The third kappa shape index (κ3) is 4.05. The fraction of sp³-hybridized carbons (Fsp3) is 0.450. The van der Waals surface area contributed by atoms with Crippen LogP contribution >= 0.6 is 11.3 Å². The van der Waals surface area contributed by atoms with Crippen LogP contribution < -0.4 is 22.3 Å². The van der Waals surface area contributed by atoms with Gasteiger partial charge in [-0.2, -0.15) is 11.3 Å². The molecule has 2 aliphatic rings. The minimum Gasteiger partial charge on any atom is -1.00 e. The number of benzene rings is 1. The first-order valence-electron chi connectivity index (χ1n) is 9.06. The second-order valence-corrected chi connectivity index (χ2v) is 8.62. The number of ether oxygens (including phenoxy) is 1. The Balaban J connectivity index is 0.00000210. The summed E-state index contributed by atoms with van der Waals surface area (Å²) >= 11 is 1.54. The van der Waals surface area contributed by atoms with Gasteiger partial charge in [0.2, 0.25) is 0 Å². The molecule has 27 heavy (non-hydrogen) atoms. The maximum Gasteiger partial charge on any atom is 0.411 e. The van der Waals surface area contributed by atoms with Gasteiger partial charge in [0, 0.05) is 31.2 Å². The molecule has 1 N–H and O–H groups in total. The SMILES string of the molecule is C[N+]1(C)C2CCC1CC(OC(=O)Nc1ccc(F)cc1-c1ccsc1)C2.[Br-]. The van der Waals surface area contributed by atoms with E-state index in [1.165, 1.54) is 36.3 Å². The minimum absolute atomic E-state index is 0. The van der Waals surface area contributed by atoms with Crippen molar-refractivity contribution >= 4 is 23.1 Å². The number of amides is 1. The summed E-state index contributed by atoms with van der Waals surface area (Å²) in [6.07, 6.45) is 3.75. The molecule has 2 aliphatic heterocycles. The summed E-state index contributed by atoms with van der Waals surface area (Å²) in [5.41, 5.74) is 2.13. The number of piperidine rings is 1. The van der Waals surface area contributed by atoms with Crippen LogP contribution in [0.5, 0.6) is 0 Å². The lowest BCUT2D eigenvalue weighted by molar-refractivity contribution is -0.931. The van der Waals surface area contributed by atoms with Crippen molar-refractivity contribution in [2.45, 2.75) is 43.9 Å². The maximum atomic E-state index is 13.7. The first-order chi connectivity index (χ1) is 12.4. The number of hydrogen-bond acceptors (Lipinski definition) is 3. The van der Waals surface area contributed by atoms with Crippen molar-refractivity contribution in [2.24, 2.45) is 0 Å². The summed E-state index contributed by atoms with van der Waals surface area (Å²) in [5, 5.41) is 6.68. The van der Waals surface area contributed by atoms with Crippen molar-refractivity contribution in [1.82, 2.24) is 0 Å². The van der Waals surface area contributed by atoms with Crippen LogP contribution in [0.3, 0.4) is 0 Å². The lowest BCUT2D eigenvalue weighted by Gasteiger charge is -2.43. The predicted octanol–water partition coefficient (Wildman–Crippen LogP) is 1.88. The van der Waals surface area contributed by atoms with E-state index >= 15 is 0 Å². The largest absolute Gasteiger partial charge is 1.00 e. The summed E-state index contributed by atoms with van der Waals surface area (Å²) in [6, 6.07) is 7.44. The maximum absolute atomic E-state index is 13.7. The van der Waals surface area contributed by atoms with E-state index in [-0.39, 0.29) is 28.9 Å². The number of fused-ring (bicyclic) bond motifs is 2. The standard InChI is InChI=1S/C20H23FN2O2S.BrH/c1-23(2)15-4-5-16(23)11-17(10-15)25-20(24)22-19-6-3-14(21)9-18(19)13-7-8-26-12-13;/h3,6-9,12,15-17H,4-5,10-11H2,1-2H3;1H. The minimum atomic E-state index is -0.454. The van der Waals surface area contributed by atoms with Crippen LogP contribution in [0.4, 0.5) is 14.9 Å². The molecule has 2 bridgehead atoms. The zero-order valence-corrected chi connectivity index (χ0v) is 17.9. The molecule has 2 atom stereocenters. The molecule has 3 heterocycles. The quantitative estimate of drug-likeness (QED) is 0.718. The molecule has 1 aromatic heterocycles. The molecule has 1 amide bonds. The van der Waals surface area contributed by atoms with E-state index in [1.54, 1.807) is 6.07 Å². The highest BCUT2D eigenvalue weighted by atomic mass is 79.9. The fourth-order valence-corrected chi connectivity index (χ4v) is 5.16. The Kier molecular flexibility index (Phi) is 5.93. The van der Waals surface area contributed by atoms with Crippen LogP contribution in [-0.4, -0.2) is 42.9 Å². The first-order valence-corrected chi connectivity index (χ1v) is 10.0. The Labute approximate surface area is 173 Å². The van der Waals surface area contributed by atoms with Gasteiger partial charge < -0.3 is 26.2 Å². The highest BCUT2D eigenvalue weighted by Crippen LogP contribution is 2.40. The Morgan fingerprint density at radius 3 is 2.56 bits per heavy atom. The van der Waals surface area contributed by atoms with Crippen LogP contribution in [0.1, 0.15) is 25.7 Å². The third-order valence-electron chi connectivity index (χ3n) is 6.11. The molecular weight excluding hydrogens is 431 g/mol. The Bertz CT molecular complexity index is 796. The number of nitrogens with one attached hydrogen (secondary N) is 1. The van der Waals surface area contributed by atoms with Gasteiger partial charge in [0.1, 0.15) is 11.9 Å². The van der Waals surface area contributed by atoms with E-state index in [0.29, 0.717) is 23.3 Å². The van der Waals surface area contributed by atoms with E-state index < -0.39 is 6.09 Å². The van der Waals surface area contributed by atoms with Gasteiger partial charge in [-0.1, -0.05) is 0 Å². The van der Waals surface area contributed by atoms with Gasteiger partial charge in [-0.25, -0.2) is 9.18 Å². The van der Waals surface area contributed by atoms with Gasteiger partial charge in [0.25, 0.3) is 0 Å². The summed E-state index contributed by atoms with van der Waals surface area (Å²) in [4.78, 5) is 12.5. The molecule has 4 nitrogen and oxygen atoms in total. The van der Waals surface area contributed by atoms with Gasteiger partial charge >= 0.3 is 6.09 Å². The number of nitrogens with zero attached hydrogens (tertiary/aromatic N) is 1. The van der Waals surface area contributed by atoms with Crippen molar-refractivity contribution in [3.8, 4) is 11.1 Å². The molecule has 0 radical (unpaired) electrons. The van der Waals surface area contributed by atoms with Crippen LogP contribution in [0.15, 0.2) is 35.0 Å². The topological polar surface area (TPSA) is 38.3 Å². The van der Waals surface area contributed by atoms with Gasteiger partial charge in [0.05, 0.1) is 31.9 Å². The molecule has 0 saturated carbocycles. The monoisotopic (exact) mass is 454 g/mol. The van der Waals surface area contributed by atoms with E-state index in [2.05, 4.69) is 19.4 Å². The third-order valence-corrected chi connectivity index (χ3v) is 6.79. The van der Waals surface area contributed by atoms with E-state index in [0.717, 1.165) is 22.9 Å². The summed E-state index contributed by atoms with van der Waals surface area (Å²) in [5.74, 6) is -0.325. The summed E-state index contributed by atoms with van der Waals surface area (Å²) < 4.78 is 20.4. The van der Waals surface area contributed by atoms with Crippen LogP contribution in [0, 0.1) is 5.82 Å². The average Bonchev–Trinajstić information content (AvgIpc) is 3.13. The number of thiophene rings is 1. The predicted molar refractivity (Wildman–Crippen MR) is 102 cm³/mol. The zero-order chi connectivity index (χ0) is 18.3. The number of halogens is 2. The first kappa shape index (κ1) is 20.3. The second-order valence-electron chi connectivity index (χ2n) is 7.84. The Morgan fingerprint density at radius 2 is 1.93 bits per heavy atom. The molecule has 146 valence electrons. The molecule has 2 saturated heterocycles. The number of hydrogen-bond donors (Lipinski definition) is 1. The molecule has 4 rings (SSSR count). The molecule has 0 aliphatic carbocycles. The van der Waals surface area contributed by atoms with Crippen LogP contribution in [0.2, 0.25) is 0 Å². The van der Waals surface area contributed by atoms with E-state index in [4.69, 9.17) is 4.74 Å². The molecular formula is C20H24BrFN2O2S. The summed E-state index contributed by atoms with van der Waals surface area (Å²) in [7, 11) is 4.56. The van der Waals surface area contributed by atoms with Gasteiger partial charge in [-0.05, 0) is 40.6 Å². The number of anilines is 1. The fourth-order valence-electron chi connectivity index (χ4n) is 4.50. The molecule has 2 unspecified atom stereocenters. The number of rotatable bonds is 3. The second kappa shape index (κ2) is 7.89. The highest BCUT2D eigenvalue weighted by Gasteiger charge is 2.49. The van der Waals surface area contributed by atoms with Crippen LogP contribution in [0.25, 0.3) is 11.1 Å². The average molecular weight is 455 g/mol. The van der Waals surface area contributed by atoms with Crippen molar-refractivity contribution in [3.63, 3.8) is 0 Å². The lowest BCUT2D eigenvalue weighted by atomic mass is 9.98. The van der Waals surface area contributed by atoms with Crippen molar-refractivity contribution in [2.75, 3.05) is 19.4 Å². The number of carbonyl (C=O) groups is 1. The number of quaternary nitrogens is 1. The van der Waals surface area contributed by atoms with Gasteiger partial charge in [-0.15, -0.1) is 0 Å². The molecule has 7 heteroatoms. The smallest absolute Gasteiger partial charge is 0.411 e. The molecule has 0 spiro atoms. The lowest BCUT2D eigenvalue weighted by Crippen LogP contribution is -3.00. The Morgan fingerprint density at radius 1 is 1.22 bits per heavy atom. The van der Waals surface area contributed by atoms with Crippen LogP contribution in [-0.2, 0) is 4.74 Å². The van der Waals surface area contributed by atoms with E-state index in [9.17, 15) is 9.18 Å². The van der Waals surface area contributed by atoms with Crippen molar-refractivity contribution < 1.29 is 35.4 Å².